The normalized spacial score (nSPS) is 15.2. The zero-order valence-electron chi connectivity index (χ0n) is 14.5. The van der Waals surface area contributed by atoms with Gasteiger partial charge in [-0.3, -0.25) is 14.8 Å². The molecule has 3 rings (SSSR count). The summed E-state index contributed by atoms with van der Waals surface area (Å²) in [5.74, 6) is 0. The Labute approximate surface area is 140 Å². The van der Waals surface area contributed by atoms with E-state index >= 15 is 0 Å². The van der Waals surface area contributed by atoms with E-state index in [0.717, 1.165) is 32.6 Å². The van der Waals surface area contributed by atoms with E-state index in [4.69, 9.17) is 0 Å². The standard InChI is InChI=1S/C20H27N3/c1-16(2)22(3)15-20-19-10-12-23(14-18(19)9-11-21-20)13-17-7-5-4-6-8-17/h4-9,11,16H,10,12-15H2,1-3H3. The summed E-state index contributed by atoms with van der Waals surface area (Å²) in [4.78, 5) is 9.56. The number of pyridine rings is 1. The Bertz CT molecular complexity index is 637. The fraction of sp³-hybridized carbons (Fsp3) is 0.450. The van der Waals surface area contributed by atoms with Crippen LogP contribution in [0, 0.1) is 0 Å². The Morgan fingerprint density at radius 2 is 1.96 bits per heavy atom. The van der Waals surface area contributed by atoms with Crippen molar-refractivity contribution in [1.82, 2.24) is 14.8 Å². The highest BCUT2D eigenvalue weighted by Crippen LogP contribution is 2.23. The molecular formula is C20H27N3. The van der Waals surface area contributed by atoms with Gasteiger partial charge in [-0.15, -0.1) is 0 Å². The highest BCUT2D eigenvalue weighted by atomic mass is 15.1. The second kappa shape index (κ2) is 7.24. The smallest absolute Gasteiger partial charge is 0.0579 e. The Kier molecular flexibility index (Phi) is 5.09. The number of rotatable bonds is 5. The first-order valence-corrected chi connectivity index (χ1v) is 8.55. The summed E-state index contributed by atoms with van der Waals surface area (Å²) in [6.07, 6.45) is 3.09. The number of fused-ring (bicyclic) bond motifs is 1. The summed E-state index contributed by atoms with van der Waals surface area (Å²) in [5.41, 5.74) is 5.58. The average Bonchev–Trinajstić information content (AvgIpc) is 2.55. The van der Waals surface area contributed by atoms with Crippen molar-refractivity contribution in [2.24, 2.45) is 0 Å². The van der Waals surface area contributed by atoms with Crippen molar-refractivity contribution < 1.29 is 0 Å². The highest BCUT2D eigenvalue weighted by molar-refractivity contribution is 5.32. The van der Waals surface area contributed by atoms with Crippen LogP contribution in [0.15, 0.2) is 42.6 Å². The molecule has 3 heteroatoms. The minimum Gasteiger partial charge on any atom is -0.298 e. The van der Waals surface area contributed by atoms with Crippen LogP contribution >= 0.6 is 0 Å². The maximum Gasteiger partial charge on any atom is 0.0579 e. The largest absolute Gasteiger partial charge is 0.298 e. The summed E-state index contributed by atoms with van der Waals surface area (Å²) in [6.45, 7) is 8.59. The molecule has 0 amide bonds. The molecule has 1 aromatic heterocycles. The zero-order chi connectivity index (χ0) is 16.2. The summed E-state index contributed by atoms with van der Waals surface area (Å²) in [7, 11) is 2.18. The molecule has 0 atom stereocenters. The van der Waals surface area contributed by atoms with E-state index in [-0.39, 0.29) is 0 Å². The molecule has 1 aliphatic rings. The minimum absolute atomic E-state index is 0.547. The van der Waals surface area contributed by atoms with Gasteiger partial charge >= 0.3 is 0 Å². The fourth-order valence-electron chi connectivity index (χ4n) is 3.16. The number of hydrogen-bond acceptors (Lipinski definition) is 3. The number of hydrogen-bond donors (Lipinski definition) is 0. The molecule has 122 valence electrons. The molecule has 0 unspecified atom stereocenters. The lowest BCUT2D eigenvalue weighted by Crippen LogP contribution is -2.32. The third-order valence-corrected chi connectivity index (χ3v) is 4.84. The van der Waals surface area contributed by atoms with Gasteiger partial charge in [0.25, 0.3) is 0 Å². The highest BCUT2D eigenvalue weighted by Gasteiger charge is 2.20. The van der Waals surface area contributed by atoms with Crippen molar-refractivity contribution >= 4 is 0 Å². The second-order valence-corrected chi connectivity index (χ2v) is 6.85. The third kappa shape index (κ3) is 3.98. The van der Waals surface area contributed by atoms with Crippen molar-refractivity contribution in [2.75, 3.05) is 13.6 Å². The molecule has 0 N–H and O–H groups in total. The van der Waals surface area contributed by atoms with Gasteiger partial charge in [0.2, 0.25) is 0 Å². The van der Waals surface area contributed by atoms with Gasteiger partial charge in [0.1, 0.15) is 0 Å². The van der Waals surface area contributed by atoms with E-state index in [1.807, 2.05) is 6.20 Å². The minimum atomic E-state index is 0.547. The molecule has 3 nitrogen and oxygen atoms in total. The van der Waals surface area contributed by atoms with E-state index in [1.165, 1.54) is 22.4 Å². The average molecular weight is 309 g/mol. The van der Waals surface area contributed by atoms with Gasteiger partial charge < -0.3 is 0 Å². The molecule has 0 aliphatic carbocycles. The maximum atomic E-state index is 4.66. The SMILES string of the molecule is CC(C)N(C)Cc1nccc2c1CCN(Cc1ccccc1)C2. The van der Waals surface area contributed by atoms with Crippen molar-refractivity contribution in [2.45, 2.75) is 45.9 Å². The second-order valence-electron chi connectivity index (χ2n) is 6.85. The van der Waals surface area contributed by atoms with Crippen LogP contribution in [0.4, 0.5) is 0 Å². The number of aromatic nitrogens is 1. The lowest BCUT2D eigenvalue weighted by molar-refractivity contribution is 0.238. The van der Waals surface area contributed by atoms with E-state index in [1.54, 1.807) is 0 Å². The molecule has 0 bridgehead atoms. The molecule has 2 aromatic rings. The van der Waals surface area contributed by atoms with Gasteiger partial charge in [-0.25, -0.2) is 0 Å². The Morgan fingerprint density at radius 1 is 1.17 bits per heavy atom. The topological polar surface area (TPSA) is 19.4 Å². The predicted molar refractivity (Wildman–Crippen MR) is 95.1 cm³/mol. The Balaban J connectivity index is 1.72. The summed E-state index contributed by atoms with van der Waals surface area (Å²) < 4.78 is 0. The predicted octanol–water partition coefficient (Wildman–Crippen LogP) is 3.48. The van der Waals surface area contributed by atoms with Crippen molar-refractivity contribution in [3.63, 3.8) is 0 Å². The van der Waals surface area contributed by atoms with Crippen LogP contribution in [-0.4, -0.2) is 34.4 Å². The molecule has 0 radical (unpaired) electrons. The van der Waals surface area contributed by atoms with Crippen LogP contribution in [0.1, 0.15) is 36.2 Å². The lowest BCUT2D eigenvalue weighted by atomic mass is 9.97. The third-order valence-electron chi connectivity index (χ3n) is 4.84. The molecule has 1 aromatic carbocycles. The number of nitrogens with zero attached hydrogens (tertiary/aromatic N) is 3. The zero-order valence-corrected chi connectivity index (χ0v) is 14.5. The van der Waals surface area contributed by atoms with E-state index in [0.29, 0.717) is 6.04 Å². The van der Waals surface area contributed by atoms with Gasteiger partial charge in [-0.1, -0.05) is 30.3 Å². The van der Waals surface area contributed by atoms with Crippen LogP contribution in [0.25, 0.3) is 0 Å². The first-order valence-electron chi connectivity index (χ1n) is 8.55. The van der Waals surface area contributed by atoms with E-state index in [9.17, 15) is 0 Å². The Hall–Kier alpha value is -1.71. The van der Waals surface area contributed by atoms with Gasteiger partial charge in [-0.2, -0.15) is 0 Å². The van der Waals surface area contributed by atoms with E-state index in [2.05, 4.69) is 72.1 Å². The van der Waals surface area contributed by atoms with Crippen LogP contribution in [0.3, 0.4) is 0 Å². The monoisotopic (exact) mass is 309 g/mol. The van der Waals surface area contributed by atoms with Crippen LogP contribution < -0.4 is 0 Å². The molecule has 0 saturated heterocycles. The van der Waals surface area contributed by atoms with E-state index < -0.39 is 0 Å². The molecule has 2 heterocycles. The molecule has 0 spiro atoms. The van der Waals surface area contributed by atoms with Crippen molar-refractivity contribution in [3.05, 3.63) is 65.0 Å². The molecule has 0 saturated carbocycles. The number of benzene rings is 1. The molecule has 23 heavy (non-hydrogen) atoms. The van der Waals surface area contributed by atoms with Crippen LogP contribution in [0.2, 0.25) is 0 Å². The Morgan fingerprint density at radius 3 is 2.70 bits per heavy atom. The van der Waals surface area contributed by atoms with Gasteiger partial charge in [0, 0.05) is 38.4 Å². The molecule has 1 aliphatic heterocycles. The van der Waals surface area contributed by atoms with Crippen molar-refractivity contribution in [1.29, 1.82) is 0 Å². The van der Waals surface area contributed by atoms with Crippen LogP contribution in [-0.2, 0) is 26.1 Å². The molecule has 0 fully saturated rings. The fourth-order valence-corrected chi connectivity index (χ4v) is 3.16. The van der Waals surface area contributed by atoms with Gasteiger partial charge in [-0.05, 0) is 50.1 Å². The lowest BCUT2D eigenvalue weighted by Gasteiger charge is -2.31. The van der Waals surface area contributed by atoms with Crippen molar-refractivity contribution in [3.8, 4) is 0 Å². The quantitative estimate of drug-likeness (QED) is 0.843. The summed E-state index contributed by atoms with van der Waals surface area (Å²) in [5, 5.41) is 0. The maximum absolute atomic E-state index is 4.66. The molecular weight excluding hydrogens is 282 g/mol. The first-order chi connectivity index (χ1) is 11.1. The summed E-state index contributed by atoms with van der Waals surface area (Å²) in [6, 6.07) is 13.5. The van der Waals surface area contributed by atoms with Gasteiger partial charge in [0.15, 0.2) is 0 Å². The summed E-state index contributed by atoms with van der Waals surface area (Å²) >= 11 is 0. The van der Waals surface area contributed by atoms with Gasteiger partial charge in [0.05, 0.1) is 5.69 Å². The first kappa shape index (κ1) is 16.2. The van der Waals surface area contributed by atoms with Crippen LogP contribution in [0.5, 0.6) is 0 Å².